The van der Waals surface area contributed by atoms with E-state index < -0.39 is 0 Å². The van der Waals surface area contributed by atoms with E-state index in [0.717, 1.165) is 65.8 Å². The van der Waals surface area contributed by atoms with Crippen molar-refractivity contribution in [3.63, 3.8) is 0 Å². The fraction of sp³-hybridized carbons (Fsp3) is 0.258. The summed E-state index contributed by atoms with van der Waals surface area (Å²) in [7, 11) is 0. The Morgan fingerprint density at radius 3 is 2.67 bits per heavy atom. The number of para-hydroxylation sites is 1. The molecule has 0 atom stereocenters. The van der Waals surface area contributed by atoms with Crippen molar-refractivity contribution < 1.29 is 14.3 Å². The second kappa shape index (κ2) is 9.32. The fourth-order valence-corrected chi connectivity index (χ4v) is 5.38. The summed E-state index contributed by atoms with van der Waals surface area (Å²) in [6, 6.07) is 20.8. The molecule has 5 heteroatoms. The first-order valence-electron chi connectivity index (χ1n) is 12.7. The molecule has 0 radical (unpaired) electrons. The summed E-state index contributed by atoms with van der Waals surface area (Å²) in [5.41, 5.74) is 6.09. The van der Waals surface area contributed by atoms with Crippen LogP contribution in [0.1, 0.15) is 46.0 Å². The highest BCUT2D eigenvalue weighted by atomic mass is 16.5. The molecule has 0 spiro atoms. The third-order valence-corrected chi connectivity index (χ3v) is 7.23. The number of aryl methyl sites for hydroxylation is 2. The van der Waals surface area contributed by atoms with Gasteiger partial charge in [-0.1, -0.05) is 48.5 Å². The maximum absolute atomic E-state index is 13.4. The monoisotopic (exact) mass is 478 g/mol. The average Bonchev–Trinajstić information content (AvgIpc) is 3.42. The van der Waals surface area contributed by atoms with Gasteiger partial charge in [0.2, 0.25) is 5.78 Å². The minimum absolute atomic E-state index is 0.0644. The minimum atomic E-state index is -0.0644. The quantitative estimate of drug-likeness (QED) is 0.302. The SMILES string of the molecule is CCn1cc(/C=C2\Oc3c(cc4c(c3C)OCN(CCCc3ccccc3)C4)C2=O)c2ccccc21. The van der Waals surface area contributed by atoms with Crippen LogP contribution in [0.15, 0.2) is 72.6 Å². The molecule has 0 bridgehead atoms. The summed E-state index contributed by atoms with van der Waals surface area (Å²) in [6.07, 6.45) is 6.08. The molecule has 3 heterocycles. The van der Waals surface area contributed by atoms with Crippen LogP contribution in [0, 0.1) is 6.92 Å². The smallest absolute Gasteiger partial charge is 0.231 e. The summed E-state index contributed by atoms with van der Waals surface area (Å²) in [6.45, 7) is 7.24. The molecule has 0 saturated heterocycles. The topological polar surface area (TPSA) is 43.7 Å². The number of carbonyl (C=O) groups is 1. The molecule has 1 aromatic heterocycles. The summed E-state index contributed by atoms with van der Waals surface area (Å²) in [4.78, 5) is 15.7. The van der Waals surface area contributed by atoms with Crippen LogP contribution in [-0.4, -0.2) is 28.5 Å². The number of allylic oxidation sites excluding steroid dienone is 1. The number of hydrogen-bond donors (Lipinski definition) is 0. The summed E-state index contributed by atoms with van der Waals surface area (Å²) >= 11 is 0. The molecule has 3 aromatic carbocycles. The predicted octanol–water partition coefficient (Wildman–Crippen LogP) is 6.37. The van der Waals surface area contributed by atoms with Crippen molar-refractivity contribution in [2.45, 2.75) is 39.8 Å². The first-order chi connectivity index (χ1) is 17.6. The molecule has 0 unspecified atom stereocenters. The van der Waals surface area contributed by atoms with E-state index in [9.17, 15) is 4.79 Å². The van der Waals surface area contributed by atoms with Gasteiger partial charge in [-0.2, -0.15) is 0 Å². The zero-order chi connectivity index (χ0) is 24.6. The van der Waals surface area contributed by atoms with Gasteiger partial charge in [0.15, 0.2) is 5.76 Å². The van der Waals surface area contributed by atoms with Crippen molar-refractivity contribution >= 4 is 22.8 Å². The van der Waals surface area contributed by atoms with Crippen molar-refractivity contribution in [1.29, 1.82) is 0 Å². The number of ether oxygens (including phenoxy) is 2. The normalized spacial score (nSPS) is 16.2. The standard InChI is InChI=1S/C31H30N2O3/c1-3-33-19-23(25-13-7-8-14-27(25)33)17-28-29(34)26-16-24-18-32(15-9-12-22-10-5-4-6-11-22)20-35-30(24)21(2)31(26)36-28/h4-8,10-11,13-14,16-17,19H,3,9,12,15,18,20H2,1-2H3/b28-17-. The van der Waals surface area contributed by atoms with Gasteiger partial charge in [-0.3, -0.25) is 9.69 Å². The Balaban J connectivity index is 1.23. The molecule has 0 N–H and O–H groups in total. The molecule has 0 aliphatic carbocycles. The van der Waals surface area contributed by atoms with Crippen molar-refractivity contribution in [2.75, 3.05) is 13.3 Å². The molecule has 0 amide bonds. The Morgan fingerprint density at radius 1 is 1.03 bits per heavy atom. The number of ketones is 1. The van der Waals surface area contributed by atoms with Gasteiger partial charge >= 0.3 is 0 Å². The molecule has 5 nitrogen and oxygen atoms in total. The minimum Gasteiger partial charge on any atom is -0.477 e. The number of carbonyl (C=O) groups excluding carboxylic acids is 1. The van der Waals surface area contributed by atoms with Crippen LogP contribution in [-0.2, 0) is 19.5 Å². The average molecular weight is 479 g/mol. The summed E-state index contributed by atoms with van der Waals surface area (Å²) in [5.74, 6) is 1.78. The number of benzene rings is 3. The third kappa shape index (κ3) is 3.99. The summed E-state index contributed by atoms with van der Waals surface area (Å²) < 4.78 is 14.5. The van der Waals surface area contributed by atoms with Gasteiger partial charge in [-0.05, 0) is 50.5 Å². The molecule has 0 fully saturated rings. The Kier molecular flexibility index (Phi) is 5.86. The highest BCUT2D eigenvalue weighted by molar-refractivity contribution is 6.15. The second-order valence-corrected chi connectivity index (χ2v) is 9.61. The Hall–Kier alpha value is -3.83. The molecule has 2 aliphatic rings. The van der Waals surface area contributed by atoms with Gasteiger partial charge in [-0.15, -0.1) is 0 Å². The highest BCUT2D eigenvalue weighted by Crippen LogP contribution is 2.43. The maximum atomic E-state index is 13.4. The lowest BCUT2D eigenvalue weighted by Gasteiger charge is -2.30. The number of nitrogens with zero attached hydrogens (tertiary/aromatic N) is 2. The van der Waals surface area contributed by atoms with E-state index in [4.69, 9.17) is 9.47 Å². The van der Waals surface area contributed by atoms with Gasteiger partial charge in [-0.25, -0.2) is 0 Å². The lowest BCUT2D eigenvalue weighted by Crippen LogP contribution is -2.33. The largest absolute Gasteiger partial charge is 0.477 e. The molecular formula is C31H30N2O3. The molecule has 182 valence electrons. The molecule has 0 saturated carbocycles. The summed E-state index contributed by atoms with van der Waals surface area (Å²) in [5, 5.41) is 1.12. The van der Waals surface area contributed by atoms with Crippen LogP contribution in [0.2, 0.25) is 0 Å². The van der Waals surface area contributed by atoms with E-state index in [2.05, 4.69) is 65.1 Å². The van der Waals surface area contributed by atoms with Crippen LogP contribution in [0.4, 0.5) is 0 Å². The van der Waals surface area contributed by atoms with Crippen LogP contribution >= 0.6 is 0 Å². The van der Waals surface area contributed by atoms with Gasteiger partial charge in [0.1, 0.15) is 18.2 Å². The van der Waals surface area contributed by atoms with Crippen LogP contribution in [0.3, 0.4) is 0 Å². The van der Waals surface area contributed by atoms with E-state index in [1.54, 1.807) is 0 Å². The molecule has 6 rings (SSSR count). The molecule has 4 aromatic rings. The van der Waals surface area contributed by atoms with Crippen LogP contribution in [0.25, 0.3) is 17.0 Å². The fourth-order valence-electron chi connectivity index (χ4n) is 5.38. The predicted molar refractivity (Wildman–Crippen MR) is 142 cm³/mol. The first-order valence-corrected chi connectivity index (χ1v) is 12.7. The van der Waals surface area contributed by atoms with Crippen molar-refractivity contribution in [2.24, 2.45) is 0 Å². The number of hydrogen-bond acceptors (Lipinski definition) is 4. The van der Waals surface area contributed by atoms with E-state index in [1.807, 2.05) is 31.2 Å². The third-order valence-electron chi connectivity index (χ3n) is 7.23. The number of aromatic nitrogens is 1. The second-order valence-electron chi connectivity index (χ2n) is 9.61. The van der Waals surface area contributed by atoms with E-state index in [-0.39, 0.29) is 5.78 Å². The van der Waals surface area contributed by atoms with Gasteiger partial charge in [0.25, 0.3) is 0 Å². The zero-order valence-electron chi connectivity index (χ0n) is 20.8. The molecular weight excluding hydrogens is 448 g/mol. The zero-order valence-corrected chi connectivity index (χ0v) is 20.8. The number of Topliss-reactive ketones (excluding diaryl/α,β-unsaturated/α-hetero) is 1. The highest BCUT2D eigenvalue weighted by Gasteiger charge is 2.33. The van der Waals surface area contributed by atoms with E-state index in [1.165, 1.54) is 5.56 Å². The van der Waals surface area contributed by atoms with Gasteiger partial charge in [0, 0.05) is 53.4 Å². The van der Waals surface area contributed by atoms with E-state index >= 15 is 0 Å². The number of rotatable bonds is 6. The molecule has 36 heavy (non-hydrogen) atoms. The van der Waals surface area contributed by atoms with Crippen molar-refractivity contribution in [3.05, 3.63) is 100 Å². The lowest BCUT2D eigenvalue weighted by molar-refractivity contribution is 0.0932. The van der Waals surface area contributed by atoms with Gasteiger partial charge < -0.3 is 14.0 Å². The maximum Gasteiger partial charge on any atom is 0.231 e. The Labute approximate surface area is 211 Å². The number of fused-ring (bicyclic) bond motifs is 3. The van der Waals surface area contributed by atoms with Crippen molar-refractivity contribution in [3.8, 4) is 11.5 Å². The van der Waals surface area contributed by atoms with Crippen molar-refractivity contribution in [1.82, 2.24) is 9.47 Å². The van der Waals surface area contributed by atoms with Gasteiger partial charge in [0.05, 0.1) is 5.56 Å². The lowest BCUT2D eigenvalue weighted by atomic mass is 9.99. The Morgan fingerprint density at radius 2 is 1.83 bits per heavy atom. The van der Waals surface area contributed by atoms with E-state index in [0.29, 0.717) is 23.8 Å². The molecule has 2 aliphatic heterocycles. The Bertz CT molecular complexity index is 1480. The van der Waals surface area contributed by atoms with Crippen LogP contribution in [0.5, 0.6) is 11.5 Å². The first kappa shape index (κ1) is 22.6. The van der Waals surface area contributed by atoms with Crippen LogP contribution < -0.4 is 9.47 Å².